The molecule has 3 aromatic rings. The summed E-state index contributed by atoms with van der Waals surface area (Å²) in [5.41, 5.74) is 0.898. The highest BCUT2D eigenvalue weighted by atomic mass is 16.5. The van der Waals surface area contributed by atoms with Crippen LogP contribution in [0.25, 0.3) is 11.5 Å². The number of aromatic nitrogens is 4. The van der Waals surface area contributed by atoms with Gasteiger partial charge in [0.15, 0.2) is 5.82 Å². The molecule has 1 amide bonds. The van der Waals surface area contributed by atoms with Crippen molar-refractivity contribution < 1.29 is 18.8 Å². The molecule has 0 aliphatic carbocycles. The molecule has 0 radical (unpaired) electrons. The average molecular weight is 425 g/mol. The maximum atomic E-state index is 12.3. The standard InChI is InChI=1S/C22H27N5O4/c1-29-13-14-30-16-20(28)26-10-7-17(8-11-26)21-23-9-12-27(21)15-19-24-22(31-25-19)18-5-3-2-4-6-18/h2-6,9,12,17H,7-8,10-11,13-16H2,1H3. The summed E-state index contributed by atoms with van der Waals surface area (Å²) in [5.74, 6) is 2.43. The molecule has 0 unspecified atom stereocenters. The summed E-state index contributed by atoms with van der Waals surface area (Å²) >= 11 is 0. The van der Waals surface area contributed by atoms with Gasteiger partial charge in [-0.2, -0.15) is 4.98 Å². The van der Waals surface area contributed by atoms with Gasteiger partial charge < -0.3 is 23.5 Å². The Morgan fingerprint density at radius 1 is 1.19 bits per heavy atom. The number of imidazole rings is 1. The zero-order valence-corrected chi connectivity index (χ0v) is 17.6. The van der Waals surface area contributed by atoms with Crippen LogP contribution in [0.3, 0.4) is 0 Å². The Kier molecular flexibility index (Phi) is 7.06. The topological polar surface area (TPSA) is 95.5 Å². The lowest BCUT2D eigenvalue weighted by Crippen LogP contribution is -2.40. The van der Waals surface area contributed by atoms with Crippen molar-refractivity contribution in [1.29, 1.82) is 0 Å². The lowest BCUT2D eigenvalue weighted by atomic mass is 9.96. The molecule has 31 heavy (non-hydrogen) atoms. The third-order valence-corrected chi connectivity index (χ3v) is 5.42. The van der Waals surface area contributed by atoms with Gasteiger partial charge in [-0.05, 0) is 25.0 Å². The molecule has 1 aromatic carbocycles. The van der Waals surface area contributed by atoms with Crippen molar-refractivity contribution in [3.63, 3.8) is 0 Å². The Hall–Kier alpha value is -3.04. The highest BCUT2D eigenvalue weighted by Gasteiger charge is 2.26. The van der Waals surface area contributed by atoms with E-state index in [1.807, 2.05) is 41.4 Å². The fraction of sp³-hybridized carbons (Fsp3) is 0.455. The Balaban J connectivity index is 1.32. The quantitative estimate of drug-likeness (QED) is 0.486. The van der Waals surface area contributed by atoms with Crippen molar-refractivity contribution in [1.82, 2.24) is 24.6 Å². The van der Waals surface area contributed by atoms with Crippen LogP contribution in [-0.2, 0) is 20.8 Å². The molecule has 9 nitrogen and oxygen atoms in total. The maximum Gasteiger partial charge on any atom is 0.257 e. The van der Waals surface area contributed by atoms with Gasteiger partial charge in [-0.1, -0.05) is 23.4 Å². The number of piperidine rings is 1. The van der Waals surface area contributed by atoms with E-state index in [9.17, 15) is 4.79 Å². The second-order valence-corrected chi connectivity index (χ2v) is 7.50. The van der Waals surface area contributed by atoms with Gasteiger partial charge in [0.05, 0.1) is 19.8 Å². The third-order valence-electron chi connectivity index (χ3n) is 5.42. The summed E-state index contributed by atoms with van der Waals surface area (Å²) in [4.78, 5) is 23.2. The predicted molar refractivity (Wildman–Crippen MR) is 112 cm³/mol. The summed E-state index contributed by atoms with van der Waals surface area (Å²) in [6.07, 6.45) is 5.47. The molecule has 164 valence electrons. The molecule has 1 fully saturated rings. The number of carbonyl (C=O) groups is 1. The second-order valence-electron chi connectivity index (χ2n) is 7.50. The minimum absolute atomic E-state index is 0.0260. The fourth-order valence-electron chi connectivity index (χ4n) is 3.76. The first-order valence-electron chi connectivity index (χ1n) is 10.5. The van der Waals surface area contributed by atoms with Crippen LogP contribution < -0.4 is 0 Å². The fourth-order valence-corrected chi connectivity index (χ4v) is 3.76. The average Bonchev–Trinajstić information content (AvgIpc) is 3.47. The zero-order chi connectivity index (χ0) is 21.5. The van der Waals surface area contributed by atoms with E-state index in [1.54, 1.807) is 13.3 Å². The lowest BCUT2D eigenvalue weighted by molar-refractivity contribution is -0.137. The Labute approximate surface area is 181 Å². The van der Waals surface area contributed by atoms with Gasteiger partial charge in [-0.3, -0.25) is 4.79 Å². The molecule has 1 saturated heterocycles. The van der Waals surface area contributed by atoms with Crippen LogP contribution >= 0.6 is 0 Å². The third kappa shape index (κ3) is 5.36. The van der Waals surface area contributed by atoms with Crippen molar-refractivity contribution in [2.45, 2.75) is 25.3 Å². The molecule has 0 saturated carbocycles. The Morgan fingerprint density at radius 3 is 2.77 bits per heavy atom. The maximum absolute atomic E-state index is 12.3. The Morgan fingerprint density at radius 2 is 2.00 bits per heavy atom. The normalized spacial score (nSPS) is 14.8. The molecule has 1 aliphatic rings. The smallest absolute Gasteiger partial charge is 0.257 e. The lowest BCUT2D eigenvalue weighted by Gasteiger charge is -2.31. The summed E-state index contributed by atoms with van der Waals surface area (Å²) in [6, 6.07) is 9.72. The van der Waals surface area contributed by atoms with E-state index in [0.717, 1.165) is 24.2 Å². The zero-order valence-electron chi connectivity index (χ0n) is 17.6. The van der Waals surface area contributed by atoms with E-state index in [1.165, 1.54) is 0 Å². The largest absolute Gasteiger partial charge is 0.382 e. The number of likely N-dealkylation sites (tertiary alicyclic amines) is 1. The van der Waals surface area contributed by atoms with E-state index in [2.05, 4.69) is 19.7 Å². The summed E-state index contributed by atoms with van der Waals surface area (Å²) in [7, 11) is 1.61. The van der Waals surface area contributed by atoms with E-state index >= 15 is 0 Å². The highest BCUT2D eigenvalue weighted by molar-refractivity contribution is 5.77. The van der Waals surface area contributed by atoms with Crippen molar-refractivity contribution in [3.05, 3.63) is 54.4 Å². The first kappa shape index (κ1) is 21.2. The molecule has 2 aromatic heterocycles. The van der Waals surface area contributed by atoms with Crippen LogP contribution in [0.4, 0.5) is 0 Å². The van der Waals surface area contributed by atoms with Crippen LogP contribution in [0.1, 0.15) is 30.4 Å². The first-order chi connectivity index (χ1) is 15.2. The highest BCUT2D eigenvalue weighted by Crippen LogP contribution is 2.27. The van der Waals surface area contributed by atoms with Gasteiger partial charge in [0.2, 0.25) is 5.91 Å². The number of hydrogen-bond donors (Lipinski definition) is 0. The van der Waals surface area contributed by atoms with Gasteiger partial charge >= 0.3 is 0 Å². The van der Waals surface area contributed by atoms with Crippen molar-refractivity contribution >= 4 is 5.91 Å². The van der Waals surface area contributed by atoms with E-state index < -0.39 is 0 Å². The first-order valence-corrected chi connectivity index (χ1v) is 10.5. The molecule has 9 heteroatoms. The molecular weight excluding hydrogens is 398 g/mol. The number of carbonyl (C=O) groups excluding carboxylic acids is 1. The molecule has 0 atom stereocenters. The van der Waals surface area contributed by atoms with Crippen LogP contribution in [0.15, 0.2) is 47.2 Å². The molecule has 0 N–H and O–H groups in total. The molecule has 0 bridgehead atoms. The van der Waals surface area contributed by atoms with Gasteiger partial charge in [-0.25, -0.2) is 4.98 Å². The number of rotatable bonds is 9. The second kappa shape index (κ2) is 10.3. The van der Waals surface area contributed by atoms with E-state index in [0.29, 0.717) is 44.6 Å². The van der Waals surface area contributed by atoms with Crippen LogP contribution in [0, 0.1) is 0 Å². The van der Waals surface area contributed by atoms with Gasteiger partial charge in [0.25, 0.3) is 5.89 Å². The SMILES string of the molecule is COCCOCC(=O)N1CCC(c2nccn2Cc2noc(-c3ccccc3)n2)CC1. The van der Waals surface area contributed by atoms with Crippen molar-refractivity contribution in [3.8, 4) is 11.5 Å². The number of ether oxygens (including phenoxy) is 2. The van der Waals surface area contributed by atoms with E-state index in [4.69, 9.17) is 14.0 Å². The number of benzene rings is 1. The molecular formula is C22H27N5O4. The molecule has 3 heterocycles. The minimum atomic E-state index is 0.0260. The molecule has 0 spiro atoms. The predicted octanol–water partition coefficient (Wildman–Crippen LogP) is 2.35. The number of hydrogen-bond acceptors (Lipinski definition) is 7. The van der Waals surface area contributed by atoms with Crippen molar-refractivity contribution in [2.75, 3.05) is 40.0 Å². The molecule has 4 rings (SSSR count). The summed E-state index contributed by atoms with van der Waals surface area (Å²) < 4.78 is 17.8. The Bertz CT molecular complexity index is 963. The van der Waals surface area contributed by atoms with Crippen molar-refractivity contribution in [2.24, 2.45) is 0 Å². The summed E-state index contributed by atoms with van der Waals surface area (Å²) in [6.45, 7) is 2.92. The van der Waals surface area contributed by atoms with Crippen LogP contribution in [0.2, 0.25) is 0 Å². The van der Waals surface area contributed by atoms with Gasteiger partial charge in [-0.15, -0.1) is 0 Å². The summed E-state index contributed by atoms with van der Waals surface area (Å²) in [5, 5.41) is 4.12. The van der Waals surface area contributed by atoms with Crippen LogP contribution in [0.5, 0.6) is 0 Å². The molecule has 1 aliphatic heterocycles. The van der Waals surface area contributed by atoms with E-state index in [-0.39, 0.29) is 18.4 Å². The number of methoxy groups -OCH3 is 1. The minimum Gasteiger partial charge on any atom is -0.382 e. The number of nitrogens with zero attached hydrogens (tertiary/aromatic N) is 5. The monoisotopic (exact) mass is 425 g/mol. The van der Waals surface area contributed by atoms with Gasteiger partial charge in [0, 0.05) is 44.1 Å². The number of amides is 1. The van der Waals surface area contributed by atoms with Gasteiger partial charge in [0.1, 0.15) is 12.4 Å². The van der Waals surface area contributed by atoms with Crippen LogP contribution in [-0.4, -0.2) is 70.5 Å².